The normalized spacial score (nSPS) is 12.4. The van der Waals surface area contributed by atoms with Crippen molar-refractivity contribution in [1.29, 1.82) is 0 Å². The van der Waals surface area contributed by atoms with Gasteiger partial charge in [0.15, 0.2) is 6.10 Å². The van der Waals surface area contributed by atoms with Crippen LogP contribution in [0, 0.1) is 0 Å². The summed E-state index contributed by atoms with van der Waals surface area (Å²) in [5, 5.41) is 7.30. The summed E-state index contributed by atoms with van der Waals surface area (Å²) in [6.45, 7) is 8.26. The standard InChI is InChI=1S/C22H24ClN3O3/c1-14(28-18-11-7-16(8-12-18)22(2,3)4)21(27)24-13-19-25-20(26-29-19)15-5-9-17(23)10-6-15/h5-12,14H,13H2,1-4H3,(H,24,27)/t14-/m0/s1. The van der Waals surface area contributed by atoms with Gasteiger partial charge in [-0.05, 0) is 54.3 Å². The van der Waals surface area contributed by atoms with Gasteiger partial charge < -0.3 is 14.6 Å². The summed E-state index contributed by atoms with van der Waals surface area (Å²) in [7, 11) is 0. The molecule has 6 nitrogen and oxygen atoms in total. The fraction of sp³-hybridized carbons (Fsp3) is 0.318. The highest BCUT2D eigenvalue weighted by molar-refractivity contribution is 6.30. The lowest BCUT2D eigenvalue weighted by Crippen LogP contribution is -2.36. The highest BCUT2D eigenvalue weighted by Gasteiger charge is 2.17. The van der Waals surface area contributed by atoms with Crippen LogP contribution in [0.3, 0.4) is 0 Å². The molecule has 1 N–H and O–H groups in total. The number of nitrogens with zero attached hydrogens (tertiary/aromatic N) is 2. The largest absolute Gasteiger partial charge is 0.481 e. The molecule has 0 radical (unpaired) electrons. The summed E-state index contributed by atoms with van der Waals surface area (Å²) in [5.74, 6) is 1.12. The lowest BCUT2D eigenvalue weighted by Gasteiger charge is -2.20. The van der Waals surface area contributed by atoms with Crippen molar-refractivity contribution in [3.05, 3.63) is 65.0 Å². The van der Waals surface area contributed by atoms with Crippen LogP contribution in [0.4, 0.5) is 0 Å². The molecule has 3 rings (SSSR count). The third-order valence-electron chi connectivity index (χ3n) is 4.39. The summed E-state index contributed by atoms with van der Waals surface area (Å²) < 4.78 is 10.9. The second-order valence-electron chi connectivity index (χ2n) is 7.77. The maximum Gasteiger partial charge on any atom is 0.261 e. The summed E-state index contributed by atoms with van der Waals surface area (Å²) in [6, 6.07) is 14.9. The van der Waals surface area contributed by atoms with Gasteiger partial charge in [0, 0.05) is 10.6 Å². The second-order valence-corrected chi connectivity index (χ2v) is 8.21. The molecule has 0 aliphatic rings. The number of ether oxygens (including phenoxy) is 1. The molecular formula is C22H24ClN3O3. The molecule has 1 atom stereocenters. The van der Waals surface area contributed by atoms with E-state index in [1.54, 1.807) is 31.2 Å². The fourth-order valence-electron chi connectivity index (χ4n) is 2.64. The van der Waals surface area contributed by atoms with Crippen LogP contribution in [0.15, 0.2) is 53.1 Å². The van der Waals surface area contributed by atoms with Gasteiger partial charge in [-0.2, -0.15) is 4.98 Å². The van der Waals surface area contributed by atoms with Gasteiger partial charge in [0.05, 0.1) is 6.54 Å². The third-order valence-corrected chi connectivity index (χ3v) is 4.64. The zero-order valence-corrected chi connectivity index (χ0v) is 17.7. The maximum absolute atomic E-state index is 12.3. The Hall–Kier alpha value is -2.86. The van der Waals surface area contributed by atoms with Crippen LogP contribution in [0.5, 0.6) is 5.75 Å². The number of carbonyl (C=O) groups is 1. The molecule has 0 aliphatic heterocycles. The van der Waals surface area contributed by atoms with E-state index >= 15 is 0 Å². The summed E-state index contributed by atoms with van der Waals surface area (Å²) >= 11 is 5.88. The van der Waals surface area contributed by atoms with Gasteiger partial charge in [-0.25, -0.2) is 0 Å². The predicted octanol–water partition coefficient (Wildman–Crippen LogP) is 4.77. The van der Waals surface area contributed by atoms with Gasteiger partial charge in [0.2, 0.25) is 11.7 Å². The molecule has 0 unspecified atom stereocenters. The molecule has 1 amide bonds. The minimum atomic E-state index is -0.658. The number of halogens is 1. The third kappa shape index (κ3) is 5.57. The second kappa shape index (κ2) is 8.66. The molecule has 0 aliphatic carbocycles. The Kier molecular flexibility index (Phi) is 6.23. The number of benzene rings is 2. The Labute approximate surface area is 175 Å². The molecular weight excluding hydrogens is 390 g/mol. The predicted molar refractivity (Wildman–Crippen MR) is 112 cm³/mol. The molecule has 7 heteroatoms. The number of amides is 1. The zero-order valence-electron chi connectivity index (χ0n) is 16.9. The van der Waals surface area contributed by atoms with Gasteiger partial charge in [0.25, 0.3) is 5.91 Å². The number of nitrogens with one attached hydrogen (secondary N) is 1. The Morgan fingerprint density at radius 1 is 1.14 bits per heavy atom. The van der Waals surface area contributed by atoms with Gasteiger partial charge in [-0.15, -0.1) is 0 Å². The summed E-state index contributed by atoms with van der Waals surface area (Å²) in [5.41, 5.74) is 2.05. The van der Waals surface area contributed by atoms with Crippen molar-refractivity contribution in [2.75, 3.05) is 0 Å². The van der Waals surface area contributed by atoms with E-state index in [0.717, 1.165) is 5.56 Å². The van der Waals surface area contributed by atoms with Crippen LogP contribution >= 0.6 is 11.6 Å². The van der Waals surface area contributed by atoms with Crippen LogP contribution < -0.4 is 10.1 Å². The van der Waals surface area contributed by atoms with Crippen molar-refractivity contribution < 1.29 is 14.1 Å². The number of carbonyl (C=O) groups excluding carboxylic acids is 1. The van der Waals surface area contributed by atoms with Crippen LogP contribution in [0.2, 0.25) is 5.02 Å². The number of hydrogen-bond donors (Lipinski definition) is 1. The van der Waals surface area contributed by atoms with E-state index in [1.807, 2.05) is 24.3 Å². The average Bonchev–Trinajstić information content (AvgIpc) is 3.15. The molecule has 3 aromatic rings. The first kappa shape index (κ1) is 20.9. The lowest BCUT2D eigenvalue weighted by molar-refractivity contribution is -0.127. The first-order chi connectivity index (χ1) is 13.7. The number of aromatic nitrogens is 2. The van der Waals surface area contributed by atoms with E-state index in [1.165, 1.54) is 5.56 Å². The van der Waals surface area contributed by atoms with Crippen molar-refractivity contribution in [1.82, 2.24) is 15.5 Å². The minimum Gasteiger partial charge on any atom is -0.481 e. The van der Waals surface area contributed by atoms with Gasteiger partial charge in [-0.1, -0.05) is 49.7 Å². The Morgan fingerprint density at radius 2 is 1.79 bits per heavy atom. The van der Waals surface area contributed by atoms with E-state index in [9.17, 15) is 4.79 Å². The highest BCUT2D eigenvalue weighted by atomic mass is 35.5. The molecule has 1 aromatic heterocycles. The zero-order chi connectivity index (χ0) is 21.0. The molecule has 0 saturated carbocycles. The van der Waals surface area contributed by atoms with Crippen molar-refractivity contribution in [3.63, 3.8) is 0 Å². The van der Waals surface area contributed by atoms with Crippen molar-refractivity contribution in [3.8, 4) is 17.1 Å². The molecule has 0 bridgehead atoms. The highest BCUT2D eigenvalue weighted by Crippen LogP contribution is 2.24. The van der Waals surface area contributed by atoms with Crippen LogP contribution in [-0.2, 0) is 16.8 Å². The molecule has 0 saturated heterocycles. The van der Waals surface area contributed by atoms with Gasteiger partial charge >= 0.3 is 0 Å². The monoisotopic (exact) mass is 413 g/mol. The number of hydrogen-bond acceptors (Lipinski definition) is 5. The van der Waals surface area contributed by atoms with Gasteiger partial charge in [-0.3, -0.25) is 4.79 Å². The van der Waals surface area contributed by atoms with Gasteiger partial charge in [0.1, 0.15) is 5.75 Å². The molecule has 1 heterocycles. The maximum atomic E-state index is 12.3. The van der Waals surface area contributed by atoms with Crippen LogP contribution in [0.1, 0.15) is 39.1 Å². The van der Waals surface area contributed by atoms with Crippen LogP contribution in [0.25, 0.3) is 11.4 Å². The molecule has 0 fully saturated rings. The molecule has 2 aromatic carbocycles. The van der Waals surface area contributed by atoms with Crippen molar-refractivity contribution in [2.45, 2.75) is 45.8 Å². The van der Waals surface area contributed by atoms with E-state index in [2.05, 4.69) is 36.2 Å². The fourth-order valence-corrected chi connectivity index (χ4v) is 2.77. The molecule has 0 spiro atoms. The lowest BCUT2D eigenvalue weighted by atomic mass is 9.87. The van der Waals surface area contributed by atoms with Crippen LogP contribution in [-0.4, -0.2) is 22.2 Å². The van der Waals surface area contributed by atoms with Crippen molar-refractivity contribution >= 4 is 17.5 Å². The number of rotatable bonds is 6. The summed E-state index contributed by atoms with van der Waals surface area (Å²) in [4.78, 5) is 16.6. The van der Waals surface area contributed by atoms with E-state index < -0.39 is 6.10 Å². The minimum absolute atomic E-state index is 0.0659. The topological polar surface area (TPSA) is 77.2 Å². The first-order valence-corrected chi connectivity index (χ1v) is 9.73. The summed E-state index contributed by atoms with van der Waals surface area (Å²) in [6.07, 6.45) is -0.658. The molecule has 29 heavy (non-hydrogen) atoms. The quantitative estimate of drug-likeness (QED) is 0.629. The van der Waals surface area contributed by atoms with E-state index in [0.29, 0.717) is 22.5 Å². The smallest absolute Gasteiger partial charge is 0.261 e. The molecule has 152 valence electrons. The first-order valence-electron chi connectivity index (χ1n) is 9.36. The Morgan fingerprint density at radius 3 is 2.41 bits per heavy atom. The average molecular weight is 414 g/mol. The van der Waals surface area contributed by atoms with E-state index in [4.69, 9.17) is 20.9 Å². The SMILES string of the molecule is C[C@H](Oc1ccc(C(C)(C)C)cc1)C(=O)NCc1nc(-c2ccc(Cl)cc2)no1. The Bertz CT molecular complexity index is 960. The van der Waals surface area contributed by atoms with Crippen molar-refractivity contribution in [2.24, 2.45) is 0 Å². The Balaban J connectivity index is 1.53. The van der Waals surface area contributed by atoms with E-state index in [-0.39, 0.29) is 17.9 Å².